The lowest BCUT2D eigenvalue weighted by Gasteiger charge is -2.06. The van der Waals surface area contributed by atoms with Gasteiger partial charge in [0.25, 0.3) is 0 Å². The van der Waals surface area contributed by atoms with Gasteiger partial charge in [-0.05, 0) is 12.1 Å². The Bertz CT molecular complexity index is 758. The van der Waals surface area contributed by atoms with Gasteiger partial charge in [-0.25, -0.2) is 18.1 Å². The van der Waals surface area contributed by atoms with Crippen LogP contribution in [-0.4, -0.2) is 27.2 Å². The van der Waals surface area contributed by atoms with Crippen LogP contribution < -0.4 is 19.5 Å². The molecule has 21 heavy (non-hydrogen) atoms. The van der Waals surface area contributed by atoms with Crippen molar-refractivity contribution in [3.8, 4) is 11.5 Å². The fourth-order valence-corrected chi connectivity index (χ4v) is 3.48. The Kier molecular flexibility index (Phi) is 3.70. The molecule has 0 amide bonds. The van der Waals surface area contributed by atoms with E-state index >= 15 is 0 Å². The quantitative estimate of drug-likeness (QED) is 0.863. The monoisotopic (exact) mass is 327 g/mol. The fourth-order valence-electron chi connectivity index (χ4n) is 1.80. The molecule has 2 heterocycles. The molecule has 0 unspecified atom stereocenters. The van der Waals surface area contributed by atoms with Gasteiger partial charge in [0, 0.05) is 18.5 Å². The van der Waals surface area contributed by atoms with Gasteiger partial charge in [-0.3, -0.25) is 0 Å². The normalized spacial score (nSPS) is 13.4. The summed E-state index contributed by atoms with van der Waals surface area (Å²) in [6, 6.07) is 4.51. The van der Waals surface area contributed by atoms with Crippen molar-refractivity contribution in [1.29, 1.82) is 0 Å². The minimum Gasteiger partial charge on any atom is -0.454 e. The summed E-state index contributed by atoms with van der Waals surface area (Å²) in [5.41, 5.74) is 0.661. The SMILES string of the molecule is CNc1nc(CNS(=O)(=O)c2ccc3c(c2)OCO3)cs1. The van der Waals surface area contributed by atoms with Crippen LogP contribution >= 0.6 is 11.3 Å². The maximum Gasteiger partial charge on any atom is 0.241 e. The molecular weight excluding hydrogens is 314 g/mol. The number of anilines is 1. The minimum absolute atomic E-state index is 0.109. The number of sulfonamides is 1. The fraction of sp³-hybridized carbons (Fsp3) is 0.250. The second kappa shape index (κ2) is 5.51. The number of hydrogen-bond acceptors (Lipinski definition) is 7. The first-order valence-corrected chi connectivity index (χ1v) is 8.46. The molecule has 0 bridgehead atoms. The first-order chi connectivity index (χ1) is 10.1. The van der Waals surface area contributed by atoms with Crippen molar-refractivity contribution < 1.29 is 17.9 Å². The molecule has 3 rings (SSSR count). The number of thiazole rings is 1. The third-order valence-electron chi connectivity index (χ3n) is 2.86. The number of benzene rings is 1. The number of nitrogens with zero attached hydrogens (tertiary/aromatic N) is 1. The van der Waals surface area contributed by atoms with Crippen molar-refractivity contribution in [2.24, 2.45) is 0 Å². The summed E-state index contributed by atoms with van der Waals surface area (Å²) >= 11 is 1.42. The third kappa shape index (κ3) is 2.94. The molecule has 1 aliphatic rings. The van der Waals surface area contributed by atoms with Crippen molar-refractivity contribution in [2.45, 2.75) is 11.4 Å². The van der Waals surface area contributed by atoms with Crippen molar-refractivity contribution in [2.75, 3.05) is 19.2 Å². The average Bonchev–Trinajstić information content (AvgIpc) is 3.13. The van der Waals surface area contributed by atoms with Gasteiger partial charge in [-0.1, -0.05) is 0 Å². The molecule has 112 valence electrons. The van der Waals surface area contributed by atoms with Crippen LogP contribution in [-0.2, 0) is 16.6 Å². The zero-order valence-corrected chi connectivity index (χ0v) is 12.8. The van der Waals surface area contributed by atoms with Gasteiger partial charge in [0.1, 0.15) is 0 Å². The molecule has 0 atom stereocenters. The Morgan fingerprint density at radius 2 is 2.14 bits per heavy atom. The predicted octanol–water partition coefficient (Wildman–Crippen LogP) is 1.39. The molecule has 1 aromatic heterocycles. The van der Waals surface area contributed by atoms with Gasteiger partial charge >= 0.3 is 0 Å². The zero-order chi connectivity index (χ0) is 14.9. The smallest absolute Gasteiger partial charge is 0.241 e. The van der Waals surface area contributed by atoms with Crippen LogP contribution in [0.3, 0.4) is 0 Å². The van der Waals surface area contributed by atoms with E-state index in [4.69, 9.17) is 9.47 Å². The van der Waals surface area contributed by atoms with Crippen molar-refractivity contribution in [1.82, 2.24) is 9.71 Å². The molecule has 0 saturated carbocycles. The Labute approximate surface area is 126 Å². The highest BCUT2D eigenvalue weighted by molar-refractivity contribution is 7.89. The molecule has 0 aliphatic carbocycles. The van der Waals surface area contributed by atoms with Gasteiger partial charge in [0.05, 0.1) is 17.1 Å². The summed E-state index contributed by atoms with van der Waals surface area (Å²) in [5, 5.41) is 5.45. The van der Waals surface area contributed by atoms with E-state index in [0.717, 1.165) is 5.13 Å². The summed E-state index contributed by atoms with van der Waals surface area (Å²) < 4.78 is 37.3. The van der Waals surface area contributed by atoms with Crippen LogP contribution in [0.4, 0.5) is 5.13 Å². The third-order valence-corrected chi connectivity index (χ3v) is 5.17. The van der Waals surface area contributed by atoms with E-state index < -0.39 is 10.0 Å². The molecule has 0 radical (unpaired) electrons. The zero-order valence-electron chi connectivity index (χ0n) is 11.1. The Balaban J connectivity index is 1.74. The van der Waals surface area contributed by atoms with Crippen LogP contribution in [0.25, 0.3) is 0 Å². The van der Waals surface area contributed by atoms with E-state index in [1.54, 1.807) is 18.5 Å². The second-order valence-electron chi connectivity index (χ2n) is 4.23. The van der Waals surface area contributed by atoms with Gasteiger partial charge < -0.3 is 14.8 Å². The van der Waals surface area contributed by atoms with Crippen LogP contribution in [0.2, 0.25) is 0 Å². The molecule has 2 aromatic rings. The van der Waals surface area contributed by atoms with Crippen LogP contribution in [0.1, 0.15) is 5.69 Å². The van der Waals surface area contributed by atoms with Crippen molar-refractivity contribution >= 4 is 26.5 Å². The lowest BCUT2D eigenvalue weighted by atomic mass is 10.3. The molecule has 0 fully saturated rings. The van der Waals surface area contributed by atoms with Gasteiger partial charge in [0.2, 0.25) is 16.8 Å². The molecule has 7 nitrogen and oxygen atoms in total. The van der Waals surface area contributed by atoms with Gasteiger partial charge in [-0.15, -0.1) is 11.3 Å². The summed E-state index contributed by atoms with van der Waals surface area (Å²) in [6.07, 6.45) is 0. The number of fused-ring (bicyclic) bond motifs is 1. The Morgan fingerprint density at radius 3 is 2.90 bits per heavy atom. The predicted molar refractivity (Wildman–Crippen MR) is 78.3 cm³/mol. The molecule has 2 N–H and O–H groups in total. The minimum atomic E-state index is -3.62. The highest BCUT2D eigenvalue weighted by Crippen LogP contribution is 2.33. The topological polar surface area (TPSA) is 89.6 Å². The van der Waals surface area contributed by atoms with E-state index in [9.17, 15) is 8.42 Å². The molecular formula is C12H13N3O4S2. The highest BCUT2D eigenvalue weighted by atomic mass is 32.2. The van der Waals surface area contributed by atoms with E-state index in [1.165, 1.54) is 23.5 Å². The van der Waals surface area contributed by atoms with Crippen molar-refractivity contribution in [3.05, 3.63) is 29.3 Å². The summed E-state index contributed by atoms with van der Waals surface area (Å²) in [5.74, 6) is 0.983. The number of aromatic nitrogens is 1. The van der Waals surface area contributed by atoms with Crippen LogP contribution in [0.5, 0.6) is 11.5 Å². The Hall–Kier alpha value is -1.84. The standard InChI is InChI=1S/C12H13N3O4S2/c1-13-12-15-8(6-20-12)5-14-21(16,17)9-2-3-10-11(4-9)19-7-18-10/h2-4,6,14H,5,7H2,1H3,(H,13,15). The first-order valence-electron chi connectivity index (χ1n) is 6.10. The molecule has 1 aliphatic heterocycles. The number of rotatable bonds is 5. The molecule has 1 aromatic carbocycles. The maximum absolute atomic E-state index is 12.2. The summed E-state index contributed by atoms with van der Waals surface area (Å²) in [4.78, 5) is 4.35. The number of ether oxygens (including phenoxy) is 2. The van der Waals surface area contributed by atoms with Crippen molar-refractivity contribution in [3.63, 3.8) is 0 Å². The molecule has 9 heteroatoms. The largest absolute Gasteiger partial charge is 0.454 e. The lowest BCUT2D eigenvalue weighted by molar-refractivity contribution is 0.174. The number of nitrogens with one attached hydrogen (secondary N) is 2. The maximum atomic E-state index is 12.2. The first kappa shape index (κ1) is 14.1. The molecule has 0 spiro atoms. The highest BCUT2D eigenvalue weighted by Gasteiger charge is 2.20. The van der Waals surface area contributed by atoms with E-state index in [2.05, 4.69) is 15.0 Å². The molecule has 0 saturated heterocycles. The van der Waals surface area contributed by atoms with Gasteiger partial charge in [0.15, 0.2) is 16.6 Å². The summed E-state index contributed by atoms with van der Waals surface area (Å²) in [6.45, 7) is 0.243. The second-order valence-corrected chi connectivity index (χ2v) is 6.86. The van der Waals surface area contributed by atoms with Crippen LogP contribution in [0, 0.1) is 0 Å². The Morgan fingerprint density at radius 1 is 1.33 bits per heavy atom. The van der Waals surface area contributed by atoms with E-state index in [1.807, 2.05) is 0 Å². The van der Waals surface area contributed by atoms with Gasteiger partial charge in [-0.2, -0.15) is 0 Å². The van der Waals surface area contributed by atoms with E-state index in [0.29, 0.717) is 17.2 Å². The van der Waals surface area contributed by atoms with Crippen LogP contribution in [0.15, 0.2) is 28.5 Å². The summed E-state index contributed by atoms with van der Waals surface area (Å²) in [7, 11) is -1.86. The average molecular weight is 327 g/mol. The lowest BCUT2D eigenvalue weighted by Crippen LogP contribution is -2.23. The number of hydrogen-bond donors (Lipinski definition) is 2. The van der Waals surface area contributed by atoms with E-state index in [-0.39, 0.29) is 18.2 Å².